The van der Waals surface area contributed by atoms with Crippen molar-refractivity contribution in [1.82, 2.24) is 10.6 Å². The third-order valence-electron chi connectivity index (χ3n) is 2.35. The highest BCUT2D eigenvalue weighted by Crippen LogP contribution is 2.29. The van der Waals surface area contributed by atoms with Crippen molar-refractivity contribution in [2.45, 2.75) is 13.1 Å². The van der Waals surface area contributed by atoms with Crippen LogP contribution >= 0.6 is 0 Å². The van der Waals surface area contributed by atoms with Gasteiger partial charge in [-0.15, -0.1) is 0 Å². The Balaban J connectivity index is 2.59. The minimum Gasteiger partial charge on any atom is -0.452 e. The average molecular weight is 318 g/mol. The van der Waals surface area contributed by atoms with Crippen molar-refractivity contribution in [2.75, 3.05) is 13.2 Å². The summed E-state index contributed by atoms with van der Waals surface area (Å²) < 4.78 is 42.0. The lowest BCUT2D eigenvalue weighted by Crippen LogP contribution is -2.41. The molecule has 9 heteroatoms. The van der Waals surface area contributed by atoms with E-state index in [-0.39, 0.29) is 5.56 Å². The molecule has 0 aliphatic rings. The van der Waals surface area contributed by atoms with Crippen molar-refractivity contribution >= 4 is 17.9 Å². The van der Waals surface area contributed by atoms with E-state index in [1.807, 2.05) is 5.32 Å². The maximum absolute atomic E-state index is 12.5. The third-order valence-corrected chi connectivity index (χ3v) is 2.35. The molecule has 3 amide bonds. The Hall–Kier alpha value is -2.58. The Bertz CT molecular complexity index is 573. The molecule has 0 spiro atoms. The molecule has 0 aliphatic carbocycles. The second kappa shape index (κ2) is 7.43. The van der Waals surface area contributed by atoms with Crippen LogP contribution in [0.2, 0.25) is 0 Å². The number of halogens is 3. The van der Waals surface area contributed by atoms with Gasteiger partial charge in [-0.3, -0.25) is 10.1 Å². The first kappa shape index (κ1) is 17.5. The molecule has 0 fully saturated rings. The van der Waals surface area contributed by atoms with E-state index < -0.39 is 36.3 Å². The minimum absolute atomic E-state index is 0.295. The minimum atomic E-state index is -4.59. The summed E-state index contributed by atoms with van der Waals surface area (Å²) in [7, 11) is 0. The number of carbonyl (C=O) groups excluding carboxylic acids is 3. The molecule has 0 unspecified atom stereocenters. The van der Waals surface area contributed by atoms with Crippen molar-refractivity contribution in [1.29, 1.82) is 0 Å². The molecule has 0 saturated heterocycles. The molecule has 0 atom stereocenters. The van der Waals surface area contributed by atoms with Gasteiger partial charge in [-0.25, -0.2) is 9.59 Å². The molecule has 6 nitrogen and oxygen atoms in total. The van der Waals surface area contributed by atoms with Crippen LogP contribution in [0.15, 0.2) is 24.3 Å². The van der Waals surface area contributed by atoms with E-state index in [1.165, 1.54) is 0 Å². The lowest BCUT2D eigenvalue weighted by atomic mass is 10.1. The molecule has 22 heavy (non-hydrogen) atoms. The van der Waals surface area contributed by atoms with Crippen LogP contribution in [0.3, 0.4) is 0 Å². The number of carbonyl (C=O) groups is 3. The molecule has 0 bridgehead atoms. The van der Waals surface area contributed by atoms with E-state index in [0.717, 1.165) is 18.2 Å². The molecular weight excluding hydrogens is 305 g/mol. The average Bonchev–Trinajstić information content (AvgIpc) is 2.44. The fraction of sp³-hybridized carbons (Fsp3) is 0.308. The van der Waals surface area contributed by atoms with E-state index >= 15 is 0 Å². The summed E-state index contributed by atoms with van der Waals surface area (Å²) in [5, 5.41) is 4.16. The second-order valence-corrected chi connectivity index (χ2v) is 4.06. The Morgan fingerprint density at radius 3 is 2.50 bits per heavy atom. The summed E-state index contributed by atoms with van der Waals surface area (Å²) >= 11 is 0. The number of nitrogens with one attached hydrogen (secondary N) is 2. The molecular formula is C13H13F3N2O4. The normalized spacial score (nSPS) is 10.7. The molecule has 0 saturated carbocycles. The van der Waals surface area contributed by atoms with E-state index in [2.05, 4.69) is 10.1 Å². The lowest BCUT2D eigenvalue weighted by molar-refractivity contribution is -0.137. The number of alkyl halides is 3. The second-order valence-electron chi connectivity index (χ2n) is 4.06. The summed E-state index contributed by atoms with van der Waals surface area (Å²) in [4.78, 5) is 33.8. The molecule has 1 aromatic carbocycles. The summed E-state index contributed by atoms with van der Waals surface area (Å²) in [5.74, 6) is -2.00. The van der Waals surface area contributed by atoms with Crippen LogP contribution in [0.5, 0.6) is 0 Å². The molecule has 1 aromatic rings. The number of urea groups is 1. The van der Waals surface area contributed by atoms with Gasteiger partial charge in [-0.1, -0.05) is 6.07 Å². The van der Waals surface area contributed by atoms with Gasteiger partial charge >= 0.3 is 18.2 Å². The van der Waals surface area contributed by atoms with Crippen molar-refractivity contribution in [3.8, 4) is 0 Å². The van der Waals surface area contributed by atoms with E-state index in [9.17, 15) is 27.6 Å². The van der Waals surface area contributed by atoms with Crippen LogP contribution in [-0.2, 0) is 15.7 Å². The van der Waals surface area contributed by atoms with Crippen molar-refractivity contribution in [3.63, 3.8) is 0 Å². The molecule has 1 rings (SSSR count). The fourth-order valence-electron chi connectivity index (χ4n) is 1.40. The number of imide groups is 1. The van der Waals surface area contributed by atoms with Gasteiger partial charge in [0.25, 0.3) is 5.91 Å². The Kier molecular flexibility index (Phi) is 5.90. The zero-order chi connectivity index (χ0) is 16.8. The quantitative estimate of drug-likeness (QED) is 0.828. The number of hydrogen-bond acceptors (Lipinski definition) is 4. The van der Waals surface area contributed by atoms with Crippen LogP contribution in [0.25, 0.3) is 0 Å². The van der Waals surface area contributed by atoms with E-state index in [4.69, 9.17) is 0 Å². The number of hydrogen-bond donors (Lipinski definition) is 2. The number of benzene rings is 1. The summed E-state index contributed by atoms with van der Waals surface area (Å²) in [5.41, 5.74) is -1.35. The Morgan fingerprint density at radius 2 is 1.91 bits per heavy atom. The summed E-state index contributed by atoms with van der Waals surface area (Å²) in [6, 6.07) is 2.83. The van der Waals surface area contributed by atoms with Gasteiger partial charge in [-0.05, 0) is 25.1 Å². The van der Waals surface area contributed by atoms with E-state index in [0.29, 0.717) is 12.6 Å². The van der Waals surface area contributed by atoms with Crippen LogP contribution in [0, 0.1) is 0 Å². The van der Waals surface area contributed by atoms with Crippen molar-refractivity contribution < 1.29 is 32.3 Å². The molecule has 0 aliphatic heterocycles. The van der Waals surface area contributed by atoms with Crippen LogP contribution < -0.4 is 10.6 Å². The van der Waals surface area contributed by atoms with Gasteiger partial charge in [0.05, 0.1) is 11.1 Å². The maximum atomic E-state index is 12.5. The standard InChI is InChI=1S/C13H13F3N2O4/c1-2-17-12(21)18-10(19)7-22-11(20)8-4-3-5-9(6-8)13(14,15)16/h3-6H,2,7H2,1H3,(H2,17,18,19,21). The first-order valence-electron chi connectivity index (χ1n) is 6.16. The number of ether oxygens (including phenoxy) is 1. The smallest absolute Gasteiger partial charge is 0.416 e. The Morgan fingerprint density at radius 1 is 1.23 bits per heavy atom. The van der Waals surface area contributed by atoms with Gasteiger partial charge < -0.3 is 10.1 Å². The van der Waals surface area contributed by atoms with E-state index in [1.54, 1.807) is 6.92 Å². The highest BCUT2D eigenvalue weighted by atomic mass is 19.4. The van der Waals surface area contributed by atoms with Crippen LogP contribution in [0.1, 0.15) is 22.8 Å². The Labute approximate surface area is 123 Å². The molecule has 2 N–H and O–H groups in total. The predicted molar refractivity (Wildman–Crippen MR) is 68.9 cm³/mol. The lowest BCUT2D eigenvalue weighted by Gasteiger charge is -2.09. The zero-order valence-electron chi connectivity index (χ0n) is 11.5. The number of rotatable bonds is 4. The van der Waals surface area contributed by atoms with Gasteiger partial charge in [0.2, 0.25) is 0 Å². The zero-order valence-corrected chi connectivity index (χ0v) is 11.5. The first-order valence-corrected chi connectivity index (χ1v) is 6.16. The van der Waals surface area contributed by atoms with Crippen LogP contribution in [0.4, 0.5) is 18.0 Å². The molecule has 0 heterocycles. The topological polar surface area (TPSA) is 84.5 Å². The predicted octanol–water partition coefficient (Wildman–Crippen LogP) is 1.71. The fourth-order valence-corrected chi connectivity index (χ4v) is 1.40. The maximum Gasteiger partial charge on any atom is 0.416 e. The van der Waals surface area contributed by atoms with Gasteiger partial charge in [-0.2, -0.15) is 13.2 Å². The third kappa shape index (κ3) is 5.43. The monoisotopic (exact) mass is 318 g/mol. The highest BCUT2D eigenvalue weighted by Gasteiger charge is 2.31. The largest absolute Gasteiger partial charge is 0.452 e. The molecule has 120 valence electrons. The van der Waals surface area contributed by atoms with Gasteiger partial charge in [0.1, 0.15) is 0 Å². The number of esters is 1. The van der Waals surface area contributed by atoms with Gasteiger partial charge in [0, 0.05) is 6.54 Å². The van der Waals surface area contributed by atoms with Crippen molar-refractivity contribution in [3.05, 3.63) is 35.4 Å². The highest BCUT2D eigenvalue weighted by molar-refractivity contribution is 5.97. The van der Waals surface area contributed by atoms with Crippen molar-refractivity contribution in [2.24, 2.45) is 0 Å². The molecule has 0 aromatic heterocycles. The first-order chi connectivity index (χ1) is 10.2. The van der Waals surface area contributed by atoms with Crippen LogP contribution in [-0.4, -0.2) is 31.1 Å². The number of amides is 3. The summed E-state index contributed by atoms with van der Waals surface area (Å²) in [6.07, 6.45) is -4.59. The SMILES string of the molecule is CCNC(=O)NC(=O)COC(=O)c1cccc(C(F)(F)F)c1. The molecule has 0 radical (unpaired) electrons. The summed E-state index contributed by atoms with van der Waals surface area (Å²) in [6.45, 7) is 1.15. The van der Waals surface area contributed by atoms with Gasteiger partial charge in [0.15, 0.2) is 6.61 Å².